The number of aliphatic imine (C=N–C) groups is 1. The minimum Gasteiger partial charge on any atom is -0.379 e. The quantitative estimate of drug-likeness (QED) is 0.472. The molecule has 0 amide bonds. The van der Waals surface area contributed by atoms with Gasteiger partial charge in [0.05, 0.1) is 31.1 Å². The molecule has 7 nitrogen and oxygen atoms in total. The maximum Gasteiger partial charge on any atom is 0.191 e. The highest BCUT2D eigenvalue weighted by molar-refractivity contribution is 8.93. The first-order valence-electron chi connectivity index (χ1n) is 10.5. The normalized spacial score (nSPS) is 23.1. The van der Waals surface area contributed by atoms with Crippen LogP contribution in [0.25, 0.3) is 0 Å². The molecule has 3 rings (SSSR count). The van der Waals surface area contributed by atoms with Crippen molar-refractivity contribution < 1.29 is 13.9 Å². The Morgan fingerprint density at radius 2 is 1.87 bits per heavy atom. The Morgan fingerprint density at radius 3 is 2.50 bits per heavy atom. The molecule has 2 saturated heterocycles. The Bertz CT molecular complexity index is 677. The second kappa shape index (κ2) is 12.4. The van der Waals surface area contributed by atoms with Gasteiger partial charge in [0, 0.05) is 52.9 Å². The summed E-state index contributed by atoms with van der Waals surface area (Å²) in [6.45, 7) is 11.3. The van der Waals surface area contributed by atoms with E-state index in [1.54, 1.807) is 13.1 Å². The number of hydrogen-bond acceptors (Lipinski definition) is 5. The van der Waals surface area contributed by atoms with Gasteiger partial charge in [0.1, 0.15) is 5.82 Å². The van der Waals surface area contributed by atoms with Crippen molar-refractivity contribution in [1.82, 2.24) is 15.5 Å². The van der Waals surface area contributed by atoms with Gasteiger partial charge in [-0.3, -0.25) is 9.89 Å². The van der Waals surface area contributed by atoms with E-state index in [1.807, 2.05) is 26.0 Å². The third-order valence-electron chi connectivity index (χ3n) is 5.28. The molecular formula is C21H35BrFN5O2. The molecular weight excluding hydrogens is 453 g/mol. The van der Waals surface area contributed by atoms with Crippen molar-refractivity contribution in [2.75, 3.05) is 64.4 Å². The molecule has 0 saturated carbocycles. The fourth-order valence-corrected chi connectivity index (χ4v) is 3.85. The molecule has 9 heteroatoms. The van der Waals surface area contributed by atoms with E-state index in [9.17, 15) is 4.39 Å². The van der Waals surface area contributed by atoms with E-state index in [4.69, 9.17) is 9.47 Å². The van der Waals surface area contributed by atoms with E-state index in [1.165, 1.54) is 0 Å². The number of rotatable bonds is 6. The molecule has 0 aromatic heterocycles. The summed E-state index contributed by atoms with van der Waals surface area (Å²) in [5.41, 5.74) is 1.53. The summed E-state index contributed by atoms with van der Waals surface area (Å²) in [5.74, 6) is 0.527. The average Bonchev–Trinajstić information content (AvgIpc) is 2.70. The van der Waals surface area contributed by atoms with Crippen LogP contribution in [0.3, 0.4) is 0 Å². The molecule has 2 unspecified atom stereocenters. The first kappa shape index (κ1) is 24.8. The van der Waals surface area contributed by atoms with Gasteiger partial charge in [-0.2, -0.15) is 0 Å². The first-order valence-corrected chi connectivity index (χ1v) is 10.5. The fourth-order valence-electron chi connectivity index (χ4n) is 3.85. The molecule has 30 heavy (non-hydrogen) atoms. The number of halogens is 2. The lowest BCUT2D eigenvalue weighted by Gasteiger charge is -2.37. The summed E-state index contributed by atoms with van der Waals surface area (Å²) in [6.07, 6.45) is 0.206. The van der Waals surface area contributed by atoms with Crippen LogP contribution in [0.5, 0.6) is 0 Å². The minimum atomic E-state index is -0.194. The fraction of sp³-hybridized carbons (Fsp3) is 0.667. The second-order valence-corrected chi connectivity index (χ2v) is 7.75. The van der Waals surface area contributed by atoms with Gasteiger partial charge >= 0.3 is 0 Å². The molecule has 0 aliphatic carbocycles. The van der Waals surface area contributed by atoms with E-state index in [2.05, 4.69) is 25.4 Å². The van der Waals surface area contributed by atoms with Crippen molar-refractivity contribution in [3.63, 3.8) is 0 Å². The zero-order valence-electron chi connectivity index (χ0n) is 18.2. The maximum atomic E-state index is 14.7. The van der Waals surface area contributed by atoms with Gasteiger partial charge in [-0.15, -0.1) is 17.0 Å². The summed E-state index contributed by atoms with van der Waals surface area (Å²) in [4.78, 5) is 8.68. The van der Waals surface area contributed by atoms with Gasteiger partial charge < -0.3 is 25.0 Å². The van der Waals surface area contributed by atoms with Gasteiger partial charge in [-0.1, -0.05) is 6.07 Å². The lowest BCUT2D eigenvalue weighted by atomic mass is 10.1. The average molecular weight is 488 g/mol. The van der Waals surface area contributed by atoms with Crippen LogP contribution < -0.4 is 15.5 Å². The van der Waals surface area contributed by atoms with Crippen molar-refractivity contribution in [2.45, 2.75) is 32.6 Å². The lowest BCUT2D eigenvalue weighted by molar-refractivity contribution is -0.00539. The summed E-state index contributed by atoms with van der Waals surface area (Å²) < 4.78 is 25.8. The van der Waals surface area contributed by atoms with Gasteiger partial charge in [-0.25, -0.2) is 4.39 Å². The minimum absolute atomic E-state index is 0. The molecule has 2 aliphatic heterocycles. The number of nitrogens with zero attached hydrogens (tertiary/aromatic N) is 3. The van der Waals surface area contributed by atoms with E-state index in [-0.39, 0.29) is 35.0 Å². The molecule has 2 N–H and O–H groups in total. The largest absolute Gasteiger partial charge is 0.379 e. The SMILES string of the molecule is Br.CN=C(NCCN1CCOCC1)NCc1ccc(N2CC(C)OC(C)C2)c(F)c1. The number of anilines is 1. The summed E-state index contributed by atoms with van der Waals surface area (Å²) in [5, 5.41) is 6.57. The number of hydrogen-bond donors (Lipinski definition) is 2. The van der Waals surface area contributed by atoms with Crippen LogP contribution in [0.4, 0.5) is 10.1 Å². The molecule has 0 spiro atoms. The number of guanidine groups is 1. The molecule has 170 valence electrons. The summed E-state index contributed by atoms with van der Waals surface area (Å²) in [7, 11) is 1.74. The van der Waals surface area contributed by atoms with Crippen LogP contribution in [0.1, 0.15) is 19.4 Å². The Labute approximate surface area is 189 Å². The van der Waals surface area contributed by atoms with E-state index < -0.39 is 0 Å². The number of ether oxygens (including phenoxy) is 2. The Hall–Kier alpha value is -1.42. The predicted octanol–water partition coefficient (Wildman–Crippen LogP) is 2.01. The molecule has 2 fully saturated rings. The molecule has 2 aliphatic rings. The van der Waals surface area contributed by atoms with Crippen LogP contribution in [0.2, 0.25) is 0 Å². The number of nitrogens with one attached hydrogen (secondary N) is 2. The van der Waals surface area contributed by atoms with Crippen molar-refractivity contribution >= 4 is 28.6 Å². The Balaban J connectivity index is 0.00000320. The van der Waals surface area contributed by atoms with Gasteiger partial charge in [0.2, 0.25) is 0 Å². The molecule has 1 aromatic rings. The van der Waals surface area contributed by atoms with Gasteiger partial charge in [0.15, 0.2) is 5.96 Å². The Kier molecular flexibility index (Phi) is 10.3. The molecule has 2 atom stereocenters. The third kappa shape index (κ3) is 7.37. The number of benzene rings is 1. The van der Waals surface area contributed by atoms with Crippen molar-refractivity contribution in [3.8, 4) is 0 Å². The highest BCUT2D eigenvalue weighted by atomic mass is 79.9. The van der Waals surface area contributed by atoms with Gasteiger partial charge in [-0.05, 0) is 31.5 Å². The predicted molar refractivity (Wildman–Crippen MR) is 124 cm³/mol. The van der Waals surface area contributed by atoms with Gasteiger partial charge in [0.25, 0.3) is 0 Å². The smallest absolute Gasteiger partial charge is 0.191 e. The molecule has 0 bridgehead atoms. The molecule has 2 heterocycles. The van der Waals surface area contributed by atoms with E-state index >= 15 is 0 Å². The highest BCUT2D eigenvalue weighted by Crippen LogP contribution is 2.24. The van der Waals surface area contributed by atoms with Crippen LogP contribution in [0, 0.1) is 5.82 Å². The van der Waals surface area contributed by atoms with Crippen LogP contribution >= 0.6 is 17.0 Å². The zero-order valence-corrected chi connectivity index (χ0v) is 19.9. The first-order chi connectivity index (χ1) is 14.0. The van der Waals surface area contributed by atoms with Crippen molar-refractivity contribution in [3.05, 3.63) is 29.6 Å². The van der Waals surface area contributed by atoms with Crippen LogP contribution in [-0.4, -0.2) is 82.6 Å². The third-order valence-corrected chi connectivity index (χ3v) is 5.28. The van der Waals surface area contributed by atoms with Crippen molar-refractivity contribution in [1.29, 1.82) is 0 Å². The van der Waals surface area contributed by atoms with Crippen LogP contribution in [-0.2, 0) is 16.0 Å². The topological polar surface area (TPSA) is 61.4 Å². The van der Waals surface area contributed by atoms with E-state index in [0.717, 1.165) is 50.9 Å². The Morgan fingerprint density at radius 1 is 1.17 bits per heavy atom. The zero-order chi connectivity index (χ0) is 20.6. The molecule has 0 radical (unpaired) electrons. The highest BCUT2D eigenvalue weighted by Gasteiger charge is 2.24. The second-order valence-electron chi connectivity index (χ2n) is 7.75. The number of morpholine rings is 2. The molecule has 1 aromatic carbocycles. The van der Waals surface area contributed by atoms with Crippen molar-refractivity contribution in [2.24, 2.45) is 4.99 Å². The maximum absolute atomic E-state index is 14.7. The van der Waals surface area contributed by atoms with Crippen LogP contribution in [0.15, 0.2) is 23.2 Å². The summed E-state index contributed by atoms with van der Waals surface area (Å²) in [6, 6.07) is 5.44. The van der Waals surface area contributed by atoms with E-state index in [0.29, 0.717) is 25.3 Å². The summed E-state index contributed by atoms with van der Waals surface area (Å²) >= 11 is 0. The lowest BCUT2D eigenvalue weighted by Crippen LogP contribution is -2.45. The monoisotopic (exact) mass is 487 g/mol. The standard InChI is InChI=1S/C21H34FN5O2.BrH/c1-16-14-27(15-17(2)29-16)20-5-4-18(12-19(20)22)13-25-21(23-3)24-6-7-26-8-10-28-11-9-26;/h4-5,12,16-17H,6-11,13-15H2,1-3H3,(H2,23,24,25);1H.